The Kier molecular flexibility index (Phi) is 4.01. The number of thiazole rings is 1. The maximum absolute atomic E-state index is 12.4. The molecule has 6 nitrogen and oxygen atoms in total. The highest BCUT2D eigenvalue weighted by molar-refractivity contribution is 7.89. The van der Waals surface area contributed by atoms with Crippen molar-refractivity contribution in [2.75, 3.05) is 0 Å². The van der Waals surface area contributed by atoms with Gasteiger partial charge in [-0.25, -0.2) is 13.4 Å². The molecule has 0 aliphatic carbocycles. The molecular weight excluding hydrogens is 300 g/mol. The first-order valence-corrected chi connectivity index (χ1v) is 8.26. The lowest BCUT2D eigenvalue weighted by Gasteiger charge is -2.23. The van der Waals surface area contributed by atoms with E-state index in [9.17, 15) is 8.42 Å². The van der Waals surface area contributed by atoms with Crippen LogP contribution >= 0.6 is 11.3 Å². The van der Waals surface area contributed by atoms with Crippen LogP contribution in [0.5, 0.6) is 0 Å². The Bertz CT molecular complexity index is 687. The van der Waals surface area contributed by atoms with Crippen molar-refractivity contribution in [3.05, 3.63) is 34.2 Å². The van der Waals surface area contributed by atoms with E-state index in [4.69, 9.17) is 9.52 Å². The number of nitrogens with one attached hydrogen (secondary N) is 1. The highest BCUT2D eigenvalue weighted by Gasteiger charge is 2.32. The Hall–Kier alpha value is -1.22. The largest absolute Gasteiger partial charge is 0.462 e. The zero-order chi connectivity index (χ0) is 15.0. The number of hydrogen-bond acceptors (Lipinski definition) is 6. The number of hydrogen-bond donors (Lipinski definition) is 2. The molecule has 2 heterocycles. The van der Waals surface area contributed by atoms with Gasteiger partial charge in [-0.3, -0.25) is 0 Å². The number of sulfonamides is 1. The lowest BCUT2D eigenvalue weighted by atomic mass is 10.1. The third-order valence-electron chi connectivity index (χ3n) is 2.73. The van der Waals surface area contributed by atoms with Crippen LogP contribution in [-0.4, -0.2) is 18.5 Å². The van der Waals surface area contributed by atoms with Crippen LogP contribution in [0.2, 0.25) is 0 Å². The van der Waals surface area contributed by atoms with Gasteiger partial charge in [-0.15, -0.1) is 11.3 Å². The fraction of sp³-hybridized carbons (Fsp3) is 0.417. The number of aliphatic hydroxyl groups excluding tert-OH is 1. The molecule has 0 aliphatic heterocycles. The Labute approximate surface area is 121 Å². The third-order valence-corrected chi connectivity index (χ3v) is 5.59. The lowest BCUT2D eigenvalue weighted by molar-refractivity contribution is 0.244. The number of aliphatic hydroxyl groups is 1. The second kappa shape index (κ2) is 5.28. The molecule has 0 spiro atoms. The van der Waals surface area contributed by atoms with Crippen LogP contribution in [0.15, 0.2) is 27.0 Å². The van der Waals surface area contributed by atoms with E-state index >= 15 is 0 Å². The number of furan rings is 1. The SMILES string of the molecule is Cc1oc(CO)cc1S(=O)(=O)NC(C)(C)c1nccs1. The molecule has 2 rings (SSSR count). The summed E-state index contributed by atoms with van der Waals surface area (Å²) in [5, 5.41) is 11.5. The molecule has 2 aromatic heterocycles. The van der Waals surface area contributed by atoms with Gasteiger partial charge in [-0.05, 0) is 20.8 Å². The molecule has 0 amide bonds. The molecule has 20 heavy (non-hydrogen) atoms. The number of rotatable bonds is 5. The molecule has 0 aliphatic rings. The Morgan fingerprint density at radius 2 is 2.20 bits per heavy atom. The van der Waals surface area contributed by atoms with Gasteiger partial charge in [0.05, 0.1) is 5.54 Å². The molecule has 0 atom stereocenters. The quantitative estimate of drug-likeness (QED) is 0.876. The molecule has 0 saturated heterocycles. The Morgan fingerprint density at radius 3 is 2.70 bits per heavy atom. The summed E-state index contributed by atoms with van der Waals surface area (Å²) in [5.74, 6) is 0.464. The summed E-state index contributed by atoms with van der Waals surface area (Å²) < 4.78 is 32.6. The molecule has 0 bridgehead atoms. The Balaban J connectivity index is 2.34. The average molecular weight is 316 g/mol. The molecule has 2 aromatic rings. The highest BCUT2D eigenvalue weighted by Crippen LogP contribution is 2.27. The van der Waals surface area contributed by atoms with E-state index in [1.807, 2.05) is 0 Å². The smallest absolute Gasteiger partial charge is 0.244 e. The molecular formula is C12H16N2O4S2. The second-order valence-corrected chi connectivity index (χ2v) is 7.40. The molecule has 110 valence electrons. The summed E-state index contributed by atoms with van der Waals surface area (Å²) in [6, 6.07) is 1.33. The highest BCUT2D eigenvalue weighted by atomic mass is 32.2. The molecule has 0 unspecified atom stereocenters. The molecule has 0 radical (unpaired) electrons. The zero-order valence-electron chi connectivity index (χ0n) is 11.4. The Morgan fingerprint density at radius 1 is 1.50 bits per heavy atom. The summed E-state index contributed by atoms with van der Waals surface area (Å²) in [4.78, 5) is 4.17. The fourth-order valence-corrected chi connectivity index (χ4v) is 4.20. The zero-order valence-corrected chi connectivity index (χ0v) is 13.0. The first kappa shape index (κ1) is 15.2. The van der Waals surface area contributed by atoms with E-state index in [0.717, 1.165) is 0 Å². The van der Waals surface area contributed by atoms with Crippen molar-refractivity contribution in [1.82, 2.24) is 9.71 Å². The van der Waals surface area contributed by atoms with Gasteiger partial charge < -0.3 is 9.52 Å². The van der Waals surface area contributed by atoms with E-state index in [2.05, 4.69) is 9.71 Å². The second-order valence-electron chi connectivity index (χ2n) is 4.86. The first-order chi connectivity index (χ1) is 9.26. The van der Waals surface area contributed by atoms with Crippen molar-refractivity contribution in [2.45, 2.75) is 37.8 Å². The van der Waals surface area contributed by atoms with Gasteiger partial charge in [0.15, 0.2) is 0 Å². The predicted molar refractivity (Wildman–Crippen MR) is 74.8 cm³/mol. The molecule has 8 heteroatoms. The van der Waals surface area contributed by atoms with Crippen LogP contribution in [0.25, 0.3) is 0 Å². The molecule has 0 aromatic carbocycles. The van der Waals surface area contributed by atoms with Crippen LogP contribution in [0.1, 0.15) is 30.4 Å². The minimum atomic E-state index is -3.75. The molecule has 2 N–H and O–H groups in total. The van der Waals surface area contributed by atoms with Crippen LogP contribution in [0, 0.1) is 6.92 Å². The summed E-state index contributed by atoms with van der Waals surface area (Å²) in [7, 11) is -3.75. The van der Waals surface area contributed by atoms with E-state index in [-0.39, 0.29) is 23.0 Å². The van der Waals surface area contributed by atoms with Crippen molar-refractivity contribution in [3.8, 4) is 0 Å². The lowest BCUT2D eigenvalue weighted by Crippen LogP contribution is -2.40. The number of aryl methyl sites for hydroxylation is 1. The minimum Gasteiger partial charge on any atom is -0.462 e. The van der Waals surface area contributed by atoms with Gasteiger partial charge in [0.2, 0.25) is 10.0 Å². The van der Waals surface area contributed by atoms with Crippen molar-refractivity contribution < 1.29 is 17.9 Å². The average Bonchev–Trinajstić information content (AvgIpc) is 2.95. The predicted octanol–water partition coefficient (Wildman–Crippen LogP) is 1.75. The van der Waals surface area contributed by atoms with E-state index in [1.54, 1.807) is 32.3 Å². The van der Waals surface area contributed by atoms with Crippen LogP contribution in [0.3, 0.4) is 0 Å². The van der Waals surface area contributed by atoms with Gasteiger partial charge in [0.25, 0.3) is 0 Å². The van der Waals surface area contributed by atoms with Crippen LogP contribution < -0.4 is 4.72 Å². The third kappa shape index (κ3) is 2.93. The molecule has 0 fully saturated rings. The van der Waals surface area contributed by atoms with Crippen LogP contribution in [-0.2, 0) is 22.2 Å². The van der Waals surface area contributed by atoms with Crippen molar-refractivity contribution in [1.29, 1.82) is 0 Å². The standard InChI is InChI=1S/C12H16N2O4S2/c1-8-10(6-9(7-15)18-8)20(16,17)14-12(2,3)11-13-4-5-19-11/h4-6,14-15H,7H2,1-3H3. The van der Waals surface area contributed by atoms with E-state index in [0.29, 0.717) is 5.01 Å². The monoisotopic (exact) mass is 316 g/mol. The van der Waals surface area contributed by atoms with Crippen molar-refractivity contribution in [3.63, 3.8) is 0 Å². The van der Waals surface area contributed by atoms with Crippen molar-refractivity contribution >= 4 is 21.4 Å². The van der Waals surface area contributed by atoms with Gasteiger partial charge in [0, 0.05) is 17.6 Å². The number of nitrogens with zero attached hydrogens (tertiary/aromatic N) is 1. The first-order valence-electron chi connectivity index (χ1n) is 5.90. The van der Waals surface area contributed by atoms with Gasteiger partial charge >= 0.3 is 0 Å². The fourth-order valence-electron chi connectivity index (χ4n) is 1.84. The van der Waals surface area contributed by atoms with Gasteiger partial charge in [-0.2, -0.15) is 4.72 Å². The van der Waals surface area contributed by atoms with Gasteiger partial charge in [0.1, 0.15) is 28.0 Å². The minimum absolute atomic E-state index is 0.0335. The van der Waals surface area contributed by atoms with Crippen LogP contribution in [0.4, 0.5) is 0 Å². The van der Waals surface area contributed by atoms with Crippen molar-refractivity contribution in [2.24, 2.45) is 0 Å². The number of aromatic nitrogens is 1. The topological polar surface area (TPSA) is 92.4 Å². The summed E-state index contributed by atoms with van der Waals surface area (Å²) in [6.07, 6.45) is 1.63. The summed E-state index contributed by atoms with van der Waals surface area (Å²) in [5.41, 5.74) is -0.823. The van der Waals surface area contributed by atoms with E-state index < -0.39 is 15.6 Å². The van der Waals surface area contributed by atoms with E-state index in [1.165, 1.54) is 17.4 Å². The van der Waals surface area contributed by atoms with Gasteiger partial charge in [-0.1, -0.05) is 0 Å². The maximum Gasteiger partial charge on any atom is 0.244 e. The molecule has 0 saturated carbocycles. The normalized spacial score (nSPS) is 12.8. The maximum atomic E-state index is 12.4. The summed E-state index contributed by atoms with van der Waals surface area (Å²) in [6.45, 7) is 4.69. The summed E-state index contributed by atoms with van der Waals surface area (Å²) >= 11 is 1.38.